The summed E-state index contributed by atoms with van der Waals surface area (Å²) in [4.78, 5) is 4.15. The molecule has 0 amide bonds. The van der Waals surface area contributed by atoms with Crippen LogP contribution in [-0.4, -0.2) is 35.4 Å². The Kier molecular flexibility index (Phi) is 3.53. The normalized spacial score (nSPS) is 18.1. The van der Waals surface area contributed by atoms with Gasteiger partial charge in [-0.1, -0.05) is 0 Å². The second kappa shape index (κ2) is 4.78. The zero-order valence-corrected chi connectivity index (χ0v) is 11.2. The molecule has 0 atom stereocenters. The molecule has 5 nitrogen and oxygen atoms in total. The van der Waals surface area contributed by atoms with E-state index in [1.165, 1.54) is 0 Å². The lowest BCUT2D eigenvalue weighted by molar-refractivity contribution is 0.472. The van der Waals surface area contributed by atoms with E-state index in [1.807, 2.05) is 24.6 Å². The van der Waals surface area contributed by atoms with Crippen LogP contribution in [0.1, 0.15) is 38.6 Å². The summed E-state index contributed by atoms with van der Waals surface area (Å²) >= 11 is 0. The van der Waals surface area contributed by atoms with Gasteiger partial charge in [0.25, 0.3) is 0 Å². The maximum absolute atomic E-state index is 12.1. The van der Waals surface area contributed by atoms with Crippen LogP contribution < -0.4 is 0 Å². The molecule has 0 bridgehead atoms. The molecule has 0 saturated carbocycles. The first-order chi connectivity index (χ1) is 8.00. The number of hydrogen-bond acceptors (Lipinski definition) is 3. The maximum Gasteiger partial charge on any atom is 0.221 e. The van der Waals surface area contributed by atoms with Gasteiger partial charge in [0.2, 0.25) is 10.0 Å². The van der Waals surface area contributed by atoms with Crippen molar-refractivity contribution >= 4 is 10.0 Å². The summed E-state index contributed by atoms with van der Waals surface area (Å²) in [5, 5.41) is 0. The molecule has 1 aliphatic rings. The number of hydrogen-bond donors (Lipinski definition) is 0. The van der Waals surface area contributed by atoms with E-state index in [0.717, 1.165) is 12.8 Å². The Bertz CT molecular complexity index is 473. The lowest BCUT2D eigenvalue weighted by atomic mass is 10.4. The smallest absolute Gasteiger partial charge is 0.221 e. The molecule has 1 fully saturated rings. The van der Waals surface area contributed by atoms with Crippen molar-refractivity contribution in [1.82, 2.24) is 13.9 Å². The molecular formula is C11H19N3O2S. The lowest BCUT2D eigenvalue weighted by Gasteiger charge is -2.17. The Morgan fingerprint density at radius 1 is 1.35 bits per heavy atom. The van der Waals surface area contributed by atoms with Crippen molar-refractivity contribution in [3.05, 3.63) is 18.2 Å². The first-order valence-corrected chi connectivity index (χ1v) is 7.61. The highest BCUT2D eigenvalue weighted by Crippen LogP contribution is 2.18. The second-order valence-electron chi connectivity index (χ2n) is 4.71. The van der Waals surface area contributed by atoms with E-state index in [2.05, 4.69) is 4.98 Å². The summed E-state index contributed by atoms with van der Waals surface area (Å²) in [7, 11) is -3.19. The summed E-state index contributed by atoms with van der Waals surface area (Å²) in [6, 6.07) is 0.237. The van der Waals surface area contributed by atoms with Crippen LogP contribution in [0.2, 0.25) is 0 Å². The van der Waals surface area contributed by atoms with Crippen LogP contribution in [0.4, 0.5) is 0 Å². The predicted octanol–water partition coefficient (Wildman–Crippen LogP) is 1.39. The van der Waals surface area contributed by atoms with Crippen molar-refractivity contribution in [2.75, 3.05) is 13.1 Å². The third-order valence-corrected chi connectivity index (χ3v) is 4.85. The van der Waals surface area contributed by atoms with Crippen molar-refractivity contribution in [3.8, 4) is 0 Å². The fourth-order valence-corrected chi connectivity index (χ4v) is 3.69. The molecule has 0 aromatic carbocycles. The molecule has 0 unspecified atom stereocenters. The topological polar surface area (TPSA) is 55.2 Å². The fourth-order valence-electron chi connectivity index (χ4n) is 2.15. The molecule has 0 spiro atoms. The van der Waals surface area contributed by atoms with Gasteiger partial charge in [-0.2, -0.15) is 0 Å². The van der Waals surface area contributed by atoms with Gasteiger partial charge in [0.1, 0.15) is 11.6 Å². The summed E-state index contributed by atoms with van der Waals surface area (Å²) in [5.74, 6) is 0.643. The number of aromatic nitrogens is 2. The van der Waals surface area contributed by atoms with Gasteiger partial charge in [-0.05, 0) is 26.7 Å². The standard InChI is InChI=1S/C11H19N3O2S/c1-10(2)14-8-5-12-11(14)9-17(15,16)13-6-3-4-7-13/h5,8,10H,3-4,6-7,9H2,1-2H3. The molecule has 1 aromatic heterocycles. The van der Waals surface area contributed by atoms with E-state index in [0.29, 0.717) is 18.9 Å². The highest BCUT2D eigenvalue weighted by Gasteiger charge is 2.27. The SMILES string of the molecule is CC(C)n1ccnc1CS(=O)(=O)N1CCCC1. The van der Waals surface area contributed by atoms with Gasteiger partial charge >= 0.3 is 0 Å². The van der Waals surface area contributed by atoms with Crippen LogP contribution in [0.15, 0.2) is 12.4 Å². The van der Waals surface area contributed by atoms with E-state index < -0.39 is 10.0 Å². The van der Waals surface area contributed by atoms with Crippen molar-refractivity contribution in [2.45, 2.75) is 38.5 Å². The monoisotopic (exact) mass is 257 g/mol. The predicted molar refractivity (Wildman–Crippen MR) is 66.0 cm³/mol. The summed E-state index contributed by atoms with van der Waals surface area (Å²) in [6.45, 7) is 5.36. The van der Waals surface area contributed by atoms with E-state index in [9.17, 15) is 8.42 Å². The van der Waals surface area contributed by atoms with Gasteiger partial charge in [0.15, 0.2) is 0 Å². The van der Waals surface area contributed by atoms with Crippen molar-refractivity contribution in [1.29, 1.82) is 0 Å². The Hall–Kier alpha value is -0.880. The molecule has 1 saturated heterocycles. The first kappa shape index (κ1) is 12.6. The third-order valence-electron chi connectivity index (χ3n) is 3.08. The average molecular weight is 257 g/mol. The number of imidazole rings is 1. The van der Waals surface area contributed by atoms with Gasteiger partial charge in [-0.3, -0.25) is 0 Å². The highest BCUT2D eigenvalue weighted by molar-refractivity contribution is 7.88. The zero-order valence-electron chi connectivity index (χ0n) is 10.3. The van der Waals surface area contributed by atoms with Gasteiger partial charge in [0, 0.05) is 31.5 Å². The average Bonchev–Trinajstić information content (AvgIpc) is 2.85. The van der Waals surface area contributed by atoms with E-state index >= 15 is 0 Å². The van der Waals surface area contributed by atoms with Gasteiger partial charge in [-0.15, -0.1) is 0 Å². The molecule has 0 N–H and O–H groups in total. The summed E-state index contributed by atoms with van der Waals surface area (Å²) in [6.07, 6.45) is 5.43. The lowest BCUT2D eigenvalue weighted by Crippen LogP contribution is -2.30. The Morgan fingerprint density at radius 2 is 2.00 bits per heavy atom. The molecule has 0 aliphatic carbocycles. The molecule has 6 heteroatoms. The van der Waals surface area contributed by atoms with Crippen LogP contribution in [0.5, 0.6) is 0 Å². The van der Waals surface area contributed by atoms with E-state index in [1.54, 1.807) is 10.5 Å². The van der Waals surface area contributed by atoms with Crippen LogP contribution in [-0.2, 0) is 15.8 Å². The molecule has 0 radical (unpaired) electrons. The van der Waals surface area contributed by atoms with Crippen molar-refractivity contribution in [3.63, 3.8) is 0 Å². The highest BCUT2D eigenvalue weighted by atomic mass is 32.2. The number of rotatable bonds is 4. The van der Waals surface area contributed by atoms with E-state index in [-0.39, 0.29) is 11.8 Å². The first-order valence-electron chi connectivity index (χ1n) is 6.00. The molecule has 1 aliphatic heterocycles. The maximum atomic E-state index is 12.1. The van der Waals surface area contributed by atoms with E-state index in [4.69, 9.17) is 0 Å². The summed E-state index contributed by atoms with van der Waals surface area (Å²) < 4.78 is 27.8. The van der Waals surface area contributed by atoms with Crippen LogP contribution in [0, 0.1) is 0 Å². The fraction of sp³-hybridized carbons (Fsp3) is 0.727. The minimum absolute atomic E-state index is 0.0121. The number of nitrogens with zero attached hydrogens (tertiary/aromatic N) is 3. The van der Waals surface area contributed by atoms with Gasteiger partial charge in [0.05, 0.1) is 0 Å². The minimum atomic E-state index is -3.19. The zero-order chi connectivity index (χ0) is 12.5. The molecule has 96 valence electrons. The Morgan fingerprint density at radius 3 is 2.59 bits per heavy atom. The van der Waals surface area contributed by atoms with Crippen molar-refractivity contribution < 1.29 is 8.42 Å². The minimum Gasteiger partial charge on any atom is -0.332 e. The van der Waals surface area contributed by atoms with Crippen LogP contribution in [0.25, 0.3) is 0 Å². The quantitative estimate of drug-likeness (QED) is 0.819. The largest absolute Gasteiger partial charge is 0.332 e. The summed E-state index contributed by atoms with van der Waals surface area (Å²) in [5.41, 5.74) is 0. The number of sulfonamides is 1. The molecule has 17 heavy (non-hydrogen) atoms. The molecule has 1 aromatic rings. The van der Waals surface area contributed by atoms with Gasteiger partial charge in [-0.25, -0.2) is 17.7 Å². The van der Waals surface area contributed by atoms with Crippen LogP contribution >= 0.6 is 0 Å². The van der Waals surface area contributed by atoms with Crippen molar-refractivity contribution in [2.24, 2.45) is 0 Å². The Balaban J connectivity index is 2.17. The Labute approximate surface area is 103 Å². The molecule has 2 heterocycles. The molecular weight excluding hydrogens is 238 g/mol. The van der Waals surface area contributed by atoms with Gasteiger partial charge < -0.3 is 4.57 Å². The molecule has 2 rings (SSSR count). The second-order valence-corrected chi connectivity index (χ2v) is 6.68. The van der Waals surface area contributed by atoms with Crippen LogP contribution in [0.3, 0.4) is 0 Å². The third kappa shape index (κ3) is 2.69.